The zero-order chi connectivity index (χ0) is 69.3. The van der Waals surface area contributed by atoms with Gasteiger partial charge >= 0.3 is 0 Å². The van der Waals surface area contributed by atoms with Crippen LogP contribution in [0, 0.1) is 29.1 Å². The number of fused-ring (bicyclic) bond motifs is 1. The highest BCUT2D eigenvalue weighted by Gasteiger charge is 2.42. The van der Waals surface area contributed by atoms with Gasteiger partial charge in [0.15, 0.2) is 0 Å². The average Bonchev–Trinajstić information content (AvgIpc) is 1.85. The van der Waals surface area contributed by atoms with Crippen molar-refractivity contribution in [1.82, 2.24) is 47.5 Å². The summed E-state index contributed by atoms with van der Waals surface area (Å²) in [6.45, 7) is 11.7. The Morgan fingerprint density at radius 2 is 1.26 bits per heavy atom. The predicted octanol–water partition coefficient (Wildman–Crippen LogP) is 2.13. The first-order valence-corrected chi connectivity index (χ1v) is 32.7. The number of carbonyl (C=O) groups is 14. The highest BCUT2D eigenvalue weighted by atomic mass is 16.3. The van der Waals surface area contributed by atoms with E-state index in [1.165, 1.54) is 48.5 Å². The number of allylic oxidation sites excluding steroid dienone is 2. The molecule has 0 saturated heterocycles. The van der Waals surface area contributed by atoms with E-state index >= 15 is 0 Å². The van der Waals surface area contributed by atoms with Gasteiger partial charge in [0.25, 0.3) is 0 Å². The van der Waals surface area contributed by atoms with Crippen LogP contribution >= 0.6 is 0 Å². The van der Waals surface area contributed by atoms with E-state index in [1.54, 1.807) is 20.0 Å². The van der Waals surface area contributed by atoms with E-state index in [2.05, 4.69) is 47.5 Å². The number of H-pyrrole nitrogens is 1. The molecule has 1 aromatic heterocycles. The highest BCUT2D eigenvalue weighted by molar-refractivity contribution is 6.41. The molecule has 1 aliphatic heterocycles. The van der Waals surface area contributed by atoms with Gasteiger partial charge in [-0.1, -0.05) is 82.7 Å². The number of ketones is 6. The zero-order valence-corrected chi connectivity index (χ0v) is 55.6. The molecule has 26 nitrogen and oxygen atoms in total. The maximum absolute atomic E-state index is 14.8. The highest BCUT2D eigenvalue weighted by Crippen LogP contribution is 2.35. The minimum Gasteiger partial charge on any atom is -0.394 e. The van der Waals surface area contributed by atoms with Gasteiger partial charge in [-0.15, -0.1) is 0 Å². The van der Waals surface area contributed by atoms with Gasteiger partial charge < -0.3 is 64.1 Å². The minimum atomic E-state index is -1.80. The summed E-state index contributed by atoms with van der Waals surface area (Å²) in [5, 5.41) is 32.8. The lowest BCUT2D eigenvalue weighted by atomic mass is 9.73. The normalized spacial score (nSPS) is 24.6. The van der Waals surface area contributed by atoms with Gasteiger partial charge in [0.2, 0.25) is 70.4 Å². The summed E-state index contributed by atoms with van der Waals surface area (Å²) >= 11 is 0. The van der Waals surface area contributed by atoms with Crippen molar-refractivity contribution in [2.45, 2.75) is 226 Å². The summed E-state index contributed by atoms with van der Waals surface area (Å²) < 4.78 is 0. The number of aliphatic hydroxyl groups excluding tert-OH is 1. The molecule has 1 aliphatic carbocycles. The number of nitrogens with two attached hydrogens (primary N) is 2. The summed E-state index contributed by atoms with van der Waals surface area (Å²) in [6, 6.07) is -2.00. The molecule has 1 aromatic carbocycles. The van der Waals surface area contributed by atoms with E-state index in [4.69, 9.17) is 11.5 Å². The quantitative estimate of drug-likeness (QED) is 0.0500. The molecule has 1 saturated carbocycles. The van der Waals surface area contributed by atoms with Crippen LogP contribution in [-0.4, -0.2) is 160 Å². The number of para-hydroxylation sites is 1. The van der Waals surface area contributed by atoms with E-state index in [-0.39, 0.29) is 75.5 Å². The third kappa shape index (κ3) is 24.2. The van der Waals surface area contributed by atoms with E-state index in [1.807, 2.05) is 36.4 Å². The Labute approximate surface area is 544 Å². The lowest BCUT2D eigenvalue weighted by molar-refractivity contribution is -0.142. The number of aromatic nitrogens is 1. The van der Waals surface area contributed by atoms with Gasteiger partial charge in [0.05, 0.1) is 30.7 Å². The van der Waals surface area contributed by atoms with Crippen LogP contribution in [0.25, 0.3) is 10.9 Å². The van der Waals surface area contributed by atoms with Crippen molar-refractivity contribution in [2.24, 2.45) is 40.6 Å². The molecular formula is C67H101N11O15. The Balaban J connectivity index is 1.57. The molecule has 1 fully saturated rings. The number of Topliss-reactive ketones (excluding diaryl/α,β-unsaturated/α-hetero) is 6. The van der Waals surface area contributed by atoms with Gasteiger partial charge in [0, 0.05) is 66.7 Å². The fourth-order valence-electron chi connectivity index (χ4n) is 11.5. The summed E-state index contributed by atoms with van der Waals surface area (Å²) in [4.78, 5) is 192. The van der Waals surface area contributed by atoms with Gasteiger partial charge in [-0.25, -0.2) is 0 Å². The smallest absolute Gasteiger partial charge is 0.246 e. The van der Waals surface area contributed by atoms with E-state index < -0.39 is 148 Å². The van der Waals surface area contributed by atoms with Crippen LogP contribution < -0.4 is 54.0 Å². The van der Waals surface area contributed by atoms with Gasteiger partial charge in [0.1, 0.15) is 41.3 Å². The lowest BCUT2D eigenvalue weighted by Gasteiger charge is -2.35. The minimum absolute atomic E-state index is 0.0143. The summed E-state index contributed by atoms with van der Waals surface area (Å²) in [6.07, 6.45) is 12.4. The van der Waals surface area contributed by atoms with E-state index in [0.717, 1.165) is 55.8 Å². The topological polar surface area (TPSA) is 423 Å². The molecule has 12 atom stereocenters. The Hall–Kier alpha value is -7.84. The fourth-order valence-corrected chi connectivity index (χ4v) is 11.5. The van der Waals surface area contributed by atoms with Gasteiger partial charge in [-0.05, 0) is 124 Å². The second kappa shape index (κ2) is 37.2. The van der Waals surface area contributed by atoms with Crippen molar-refractivity contribution in [1.29, 1.82) is 0 Å². The number of carbonyl (C=O) groups excluding carboxylic acids is 14. The molecule has 14 N–H and O–H groups in total. The molecule has 2 heterocycles. The summed E-state index contributed by atoms with van der Waals surface area (Å²) in [7, 11) is 0. The van der Waals surface area contributed by atoms with Crippen LogP contribution in [0.4, 0.5) is 0 Å². The Bertz CT molecular complexity index is 3050. The van der Waals surface area contributed by atoms with Crippen LogP contribution in [0.5, 0.6) is 0 Å². The Morgan fingerprint density at radius 1 is 0.677 bits per heavy atom. The van der Waals surface area contributed by atoms with E-state index in [9.17, 15) is 72.2 Å². The fraction of sp³-hybridized carbons (Fsp3) is 0.642. The lowest BCUT2D eigenvalue weighted by Crippen LogP contribution is -2.62. The number of primary amides is 2. The summed E-state index contributed by atoms with van der Waals surface area (Å²) in [5.74, 6) is -13.3. The molecule has 2 aliphatic rings. The third-order valence-corrected chi connectivity index (χ3v) is 17.9. The van der Waals surface area contributed by atoms with Crippen LogP contribution in [0.15, 0.2) is 42.6 Å². The predicted molar refractivity (Wildman–Crippen MR) is 347 cm³/mol. The number of hydrogen-bond acceptors (Lipinski definition) is 17. The number of aromatic amines is 1. The first-order valence-electron chi connectivity index (χ1n) is 32.7. The molecule has 0 radical (unpaired) electrons. The third-order valence-electron chi connectivity index (χ3n) is 17.9. The van der Waals surface area contributed by atoms with Crippen LogP contribution in [0.2, 0.25) is 0 Å². The van der Waals surface area contributed by atoms with Crippen molar-refractivity contribution in [3.8, 4) is 0 Å². The van der Waals surface area contributed by atoms with Crippen molar-refractivity contribution >= 4 is 92.9 Å². The second-order valence-corrected chi connectivity index (χ2v) is 26.2. The van der Waals surface area contributed by atoms with Crippen molar-refractivity contribution in [3.63, 3.8) is 0 Å². The molecule has 0 spiro atoms. The number of hydrogen-bond donors (Lipinski definition) is 12. The number of benzene rings is 1. The SMILES string of the molecule is CC(=O)C[C@]1(C)CCCCCC/C=C/CCC[C@@](C)(C(=O)NC(C)C(=O)N[C@@H](C)C(=O)NC(C)C(=O)N[C@@H](C)C(=O)C(=O)[C@H](C)NC[C@H](C)C(N)=O)NC(=O)[C@H](CC2CCC2)CN[C@@H](CCC(N)=O)C(=O)C(=O)[C@H](CO)NC(=O)[C@H](Cc2c[nH]c3ccccc23)CC1=O. The number of aliphatic hydroxyl groups is 1. The molecule has 93 heavy (non-hydrogen) atoms. The van der Waals surface area contributed by atoms with Crippen molar-refractivity contribution in [2.75, 3.05) is 19.7 Å². The molecule has 2 aromatic rings. The molecule has 8 amide bonds. The molecule has 4 rings (SSSR count). The van der Waals surface area contributed by atoms with Crippen molar-refractivity contribution < 1.29 is 72.2 Å². The Kier molecular flexibility index (Phi) is 31.0. The first-order chi connectivity index (χ1) is 43.8. The van der Waals surface area contributed by atoms with Crippen LogP contribution in [0.1, 0.15) is 177 Å². The maximum atomic E-state index is 14.8. The number of amides is 8. The zero-order valence-electron chi connectivity index (χ0n) is 55.6. The molecule has 2 unspecified atom stereocenters. The van der Waals surface area contributed by atoms with Crippen LogP contribution in [0.3, 0.4) is 0 Å². The van der Waals surface area contributed by atoms with Crippen LogP contribution in [-0.2, 0) is 73.5 Å². The van der Waals surface area contributed by atoms with Gasteiger partial charge in [-0.3, -0.25) is 67.1 Å². The second-order valence-electron chi connectivity index (χ2n) is 26.2. The Morgan fingerprint density at radius 3 is 1.85 bits per heavy atom. The number of rotatable bonds is 25. The molecule has 26 heteroatoms. The summed E-state index contributed by atoms with van der Waals surface area (Å²) in [5.41, 5.74) is 9.47. The first kappa shape index (κ1) is 77.6. The molecule has 514 valence electrons. The van der Waals surface area contributed by atoms with E-state index in [0.29, 0.717) is 31.2 Å². The van der Waals surface area contributed by atoms with Crippen molar-refractivity contribution in [3.05, 3.63) is 48.2 Å². The molecule has 0 bridgehead atoms. The number of nitrogens with one attached hydrogen (secondary N) is 9. The average molecular weight is 1300 g/mol. The monoisotopic (exact) mass is 1300 g/mol. The molecular weight excluding hydrogens is 1200 g/mol. The standard InChI is InChI=1S/C67H101N11O15/c1-38(59(69)87)34-70-40(3)55(83)56(84)41(4)73-60(88)42(5)74-61(89)43(6)75-62(90)44(7)76-65(93)67(9)29-20-16-14-12-10-11-13-15-19-28-66(8,33-39(2)80)53(81)32-46(31-47-35-71-50-25-18-17-24-49(47)50)63(91)77-52(37-79)58(86)57(85)51(26-27-54(68)82)72-36-48(64(92)78-67)30-45-22-21-23-45/h12,14,17-18,24-25,35,38,40-46,48,51-52,70-72,79H,10-11,13,15-16,19-23,26-34,36-37H2,1-9H3,(H2,68,82)(H2,69,87)(H,73,88)(H,74,89)(H,75,90)(H,76,93)(H,77,91)(H,78,92)/b14-12+/t38-,40-,41-,42?,43-,44?,46+,48+,51-,52-,66-,67-/m0/s1. The van der Waals surface area contributed by atoms with Gasteiger partial charge in [-0.2, -0.15) is 0 Å². The maximum Gasteiger partial charge on any atom is 0.246 e. The largest absolute Gasteiger partial charge is 0.394 e.